The van der Waals surface area contributed by atoms with Crippen LogP contribution in [-0.2, 0) is 16.1 Å². The number of benzene rings is 1. The standard InChI is InChI=1S/C25H32N4O4/c30-22-8-7-21(23(31)27-22)29-24(32)19-6-4-17(14-20(19)25(29)33)15-28-12-9-16(10-13-28)3-5-18-2-1-11-26-18/h4,6,14,16,18,21,26H,1-3,5,7-13,15H2,(H,27,30,31)/t18-,21?/m0/s1. The summed E-state index contributed by atoms with van der Waals surface area (Å²) in [7, 11) is 0. The van der Waals surface area contributed by atoms with Crippen molar-refractivity contribution < 1.29 is 19.2 Å². The molecular formula is C25H32N4O4. The lowest BCUT2D eigenvalue weighted by molar-refractivity contribution is -0.136. The minimum Gasteiger partial charge on any atom is -0.314 e. The Morgan fingerprint density at radius 3 is 2.42 bits per heavy atom. The van der Waals surface area contributed by atoms with Crippen molar-refractivity contribution in [1.29, 1.82) is 0 Å². The van der Waals surface area contributed by atoms with Gasteiger partial charge < -0.3 is 5.32 Å². The van der Waals surface area contributed by atoms with Crippen LogP contribution in [-0.4, -0.2) is 65.1 Å². The Kier molecular flexibility index (Phi) is 6.29. The molecule has 0 radical (unpaired) electrons. The van der Waals surface area contributed by atoms with E-state index in [0.29, 0.717) is 11.1 Å². The molecular weight excluding hydrogens is 420 g/mol. The number of fused-ring (bicyclic) bond motifs is 1. The van der Waals surface area contributed by atoms with Gasteiger partial charge in [0.05, 0.1) is 11.1 Å². The van der Waals surface area contributed by atoms with E-state index >= 15 is 0 Å². The first-order valence-corrected chi connectivity index (χ1v) is 12.3. The molecule has 4 aliphatic heterocycles. The normalized spacial score (nSPS) is 26.7. The van der Waals surface area contributed by atoms with Crippen LogP contribution in [0.1, 0.15) is 77.6 Å². The van der Waals surface area contributed by atoms with Gasteiger partial charge in [0.25, 0.3) is 11.8 Å². The molecule has 3 fully saturated rings. The third-order valence-corrected chi connectivity index (χ3v) is 7.70. The van der Waals surface area contributed by atoms with Gasteiger partial charge in [0.2, 0.25) is 11.8 Å². The molecule has 0 saturated carbocycles. The number of hydrogen-bond acceptors (Lipinski definition) is 6. The van der Waals surface area contributed by atoms with Gasteiger partial charge in [-0.25, -0.2) is 0 Å². The molecule has 0 aliphatic carbocycles. The molecule has 4 aliphatic rings. The van der Waals surface area contributed by atoms with Crippen LogP contribution in [0.2, 0.25) is 0 Å². The van der Waals surface area contributed by atoms with Crippen molar-refractivity contribution in [3.05, 3.63) is 34.9 Å². The average molecular weight is 453 g/mol. The van der Waals surface area contributed by atoms with Gasteiger partial charge in [-0.2, -0.15) is 0 Å². The largest absolute Gasteiger partial charge is 0.314 e. The first-order chi connectivity index (χ1) is 16.0. The highest BCUT2D eigenvalue weighted by Crippen LogP contribution is 2.30. The van der Waals surface area contributed by atoms with Crippen molar-refractivity contribution in [3.8, 4) is 0 Å². The number of nitrogens with zero attached hydrogens (tertiary/aromatic N) is 2. The number of hydrogen-bond donors (Lipinski definition) is 2. The van der Waals surface area contributed by atoms with Crippen LogP contribution in [0.4, 0.5) is 0 Å². The van der Waals surface area contributed by atoms with Gasteiger partial charge in [-0.15, -0.1) is 0 Å². The Balaban J connectivity index is 1.18. The summed E-state index contributed by atoms with van der Waals surface area (Å²) in [4.78, 5) is 53.0. The predicted molar refractivity (Wildman–Crippen MR) is 121 cm³/mol. The van der Waals surface area contributed by atoms with Crippen LogP contribution in [0.5, 0.6) is 0 Å². The van der Waals surface area contributed by atoms with Crippen molar-refractivity contribution in [1.82, 2.24) is 20.4 Å². The quantitative estimate of drug-likeness (QED) is 0.639. The molecule has 0 aromatic heterocycles. The molecule has 33 heavy (non-hydrogen) atoms. The van der Waals surface area contributed by atoms with Crippen LogP contribution >= 0.6 is 0 Å². The zero-order chi connectivity index (χ0) is 22.9. The van der Waals surface area contributed by atoms with Gasteiger partial charge in [0.15, 0.2) is 0 Å². The van der Waals surface area contributed by atoms with Crippen LogP contribution < -0.4 is 10.6 Å². The van der Waals surface area contributed by atoms with Gasteiger partial charge in [0, 0.05) is 19.0 Å². The first kappa shape index (κ1) is 22.2. The fourth-order valence-electron chi connectivity index (χ4n) is 5.75. The lowest BCUT2D eigenvalue weighted by Crippen LogP contribution is -2.54. The number of likely N-dealkylation sites (tertiary alicyclic amines) is 1. The molecule has 176 valence electrons. The molecule has 0 spiro atoms. The second-order valence-corrected chi connectivity index (χ2v) is 9.92. The molecule has 0 bridgehead atoms. The van der Waals surface area contributed by atoms with Gasteiger partial charge in [-0.05, 0) is 88.2 Å². The zero-order valence-electron chi connectivity index (χ0n) is 19.0. The highest BCUT2D eigenvalue weighted by Gasteiger charge is 2.44. The van der Waals surface area contributed by atoms with Gasteiger partial charge in [-0.3, -0.25) is 34.3 Å². The molecule has 4 heterocycles. The number of carbonyl (C=O) groups is 4. The second-order valence-electron chi connectivity index (χ2n) is 9.92. The summed E-state index contributed by atoms with van der Waals surface area (Å²) in [6, 6.07) is 5.22. The molecule has 1 aromatic carbocycles. The monoisotopic (exact) mass is 452 g/mol. The van der Waals surface area contributed by atoms with E-state index in [1.807, 2.05) is 6.07 Å². The van der Waals surface area contributed by atoms with Crippen molar-refractivity contribution in [3.63, 3.8) is 0 Å². The minimum absolute atomic E-state index is 0.127. The summed E-state index contributed by atoms with van der Waals surface area (Å²) in [5.74, 6) is -1.04. The van der Waals surface area contributed by atoms with Gasteiger partial charge in [-0.1, -0.05) is 6.07 Å². The Morgan fingerprint density at radius 2 is 1.70 bits per heavy atom. The number of nitrogens with one attached hydrogen (secondary N) is 2. The third kappa shape index (κ3) is 4.59. The Bertz CT molecular complexity index is 963. The maximum atomic E-state index is 13.0. The summed E-state index contributed by atoms with van der Waals surface area (Å²) in [5, 5.41) is 5.82. The Morgan fingerprint density at radius 1 is 0.909 bits per heavy atom. The van der Waals surface area contributed by atoms with E-state index in [1.54, 1.807) is 12.1 Å². The fraction of sp³-hybridized carbons (Fsp3) is 0.600. The molecule has 1 aromatic rings. The van der Waals surface area contributed by atoms with Crippen LogP contribution in [0, 0.1) is 5.92 Å². The molecule has 1 unspecified atom stereocenters. The smallest absolute Gasteiger partial charge is 0.262 e. The molecule has 4 amide bonds. The van der Waals surface area contributed by atoms with Crippen molar-refractivity contribution >= 4 is 23.6 Å². The summed E-state index contributed by atoms with van der Waals surface area (Å²) in [6.45, 7) is 4.03. The van der Waals surface area contributed by atoms with E-state index in [9.17, 15) is 19.2 Å². The fourth-order valence-corrected chi connectivity index (χ4v) is 5.75. The van der Waals surface area contributed by atoms with E-state index in [2.05, 4.69) is 15.5 Å². The van der Waals surface area contributed by atoms with Crippen LogP contribution in [0.3, 0.4) is 0 Å². The Labute approximate surface area is 194 Å². The molecule has 5 rings (SSSR count). The number of rotatable bonds is 6. The first-order valence-electron chi connectivity index (χ1n) is 12.3. The van der Waals surface area contributed by atoms with Gasteiger partial charge >= 0.3 is 0 Å². The molecule has 2 N–H and O–H groups in total. The second kappa shape index (κ2) is 9.35. The number of piperidine rings is 2. The molecule has 2 atom stereocenters. The topological polar surface area (TPSA) is 98.8 Å². The van der Waals surface area contributed by atoms with E-state index in [4.69, 9.17) is 0 Å². The maximum absolute atomic E-state index is 13.0. The minimum atomic E-state index is -0.919. The van der Waals surface area contributed by atoms with Crippen LogP contribution in [0.25, 0.3) is 0 Å². The summed E-state index contributed by atoms with van der Waals surface area (Å²) >= 11 is 0. The van der Waals surface area contributed by atoms with E-state index < -0.39 is 23.8 Å². The van der Waals surface area contributed by atoms with Crippen molar-refractivity contribution in [2.24, 2.45) is 5.92 Å². The number of carbonyl (C=O) groups excluding carboxylic acids is 4. The van der Waals surface area contributed by atoms with E-state index in [0.717, 1.165) is 42.1 Å². The van der Waals surface area contributed by atoms with Crippen molar-refractivity contribution in [2.75, 3.05) is 19.6 Å². The average Bonchev–Trinajstić information content (AvgIpc) is 3.41. The van der Waals surface area contributed by atoms with E-state index in [-0.39, 0.29) is 18.7 Å². The maximum Gasteiger partial charge on any atom is 0.262 e. The lowest BCUT2D eigenvalue weighted by atomic mass is 9.90. The van der Waals surface area contributed by atoms with Crippen LogP contribution in [0.15, 0.2) is 18.2 Å². The third-order valence-electron chi connectivity index (χ3n) is 7.70. The Hall–Kier alpha value is -2.58. The summed E-state index contributed by atoms with van der Waals surface area (Å²) in [5.41, 5.74) is 1.71. The highest BCUT2D eigenvalue weighted by atomic mass is 16.2. The molecule has 3 saturated heterocycles. The molecule has 8 heteroatoms. The zero-order valence-corrected chi connectivity index (χ0v) is 19.0. The lowest BCUT2D eigenvalue weighted by Gasteiger charge is -2.32. The summed E-state index contributed by atoms with van der Waals surface area (Å²) in [6.07, 6.45) is 7.93. The van der Waals surface area contributed by atoms with E-state index in [1.165, 1.54) is 45.1 Å². The number of amides is 4. The SMILES string of the molecule is O=C1CCC(N2C(=O)c3ccc(CN4CCC(CC[C@@H]5CCCN5)CC4)cc3C2=O)C(=O)N1. The van der Waals surface area contributed by atoms with Gasteiger partial charge in [0.1, 0.15) is 6.04 Å². The van der Waals surface area contributed by atoms with Crippen molar-refractivity contribution in [2.45, 2.75) is 70.0 Å². The summed E-state index contributed by atoms with van der Waals surface area (Å²) < 4.78 is 0. The highest BCUT2D eigenvalue weighted by molar-refractivity contribution is 6.23. The number of imide groups is 2. The predicted octanol–water partition coefficient (Wildman–Crippen LogP) is 1.83. The molecule has 8 nitrogen and oxygen atoms in total.